The fraction of sp³-hybridized carbons (Fsp3) is 0.429. The summed E-state index contributed by atoms with van der Waals surface area (Å²) in [7, 11) is 0. The predicted molar refractivity (Wildman–Crippen MR) is 35.5 cm³/mol. The molecule has 0 spiro atoms. The molecule has 0 saturated carbocycles. The lowest BCUT2D eigenvalue weighted by atomic mass is 10.3. The van der Waals surface area contributed by atoms with E-state index in [-0.39, 0.29) is 0 Å². The molecule has 0 bridgehead atoms. The molecule has 0 atom stereocenters. The molecular weight excluding hydrogens is 212 g/mol. The summed E-state index contributed by atoms with van der Waals surface area (Å²) in [5.41, 5.74) is -1.08. The Balaban J connectivity index is 2.79. The zero-order valence-electron chi connectivity index (χ0n) is 6.65. The van der Waals surface area contributed by atoms with Gasteiger partial charge >= 0.3 is 12.4 Å². The third-order valence-corrected chi connectivity index (χ3v) is 1.44. The second-order valence-electron chi connectivity index (χ2n) is 2.69. The summed E-state index contributed by atoms with van der Waals surface area (Å²) in [4.78, 5) is 0. The lowest BCUT2D eigenvalue weighted by molar-refractivity contribution is -0.143. The van der Waals surface area contributed by atoms with Gasteiger partial charge in [-0.2, -0.15) is 26.3 Å². The van der Waals surface area contributed by atoms with Crippen LogP contribution in [-0.4, -0.2) is 10.7 Å². The van der Waals surface area contributed by atoms with Gasteiger partial charge in [0.15, 0.2) is 0 Å². The van der Waals surface area contributed by atoms with Crippen LogP contribution in [0, 0.1) is 0 Å². The molecule has 0 aliphatic heterocycles. The van der Waals surface area contributed by atoms with Crippen molar-refractivity contribution in [1.82, 2.24) is 4.57 Å². The highest BCUT2D eigenvalue weighted by atomic mass is 19.4. The Hall–Kier alpha value is -1.14. The van der Waals surface area contributed by atoms with E-state index in [4.69, 9.17) is 0 Å². The lowest BCUT2D eigenvalue weighted by Crippen LogP contribution is -2.16. The van der Waals surface area contributed by atoms with Gasteiger partial charge in [0.1, 0.15) is 6.54 Å². The number of nitrogens with zero attached hydrogens (tertiary/aromatic N) is 1. The van der Waals surface area contributed by atoms with Crippen molar-refractivity contribution in [3.05, 3.63) is 24.0 Å². The monoisotopic (exact) mass is 217 g/mol. The van der Waals surface area contributed by atoms with Crippen molar-refractivity contribution in [2.75, 3.05) is 0 Å². The molecule has 0 N–H and O–H groups in total. The zero-order valence-corrected chi connectivity index (χ0v) is 6.65. The molecule has 0 saturated heterocycles. The highest BCUT2D eigenvalue weighted by Crippen LogP contribution is 2.30. The van der Waals surface area contributed by atoms with Crippen molar-refractivity contribution in [1.29, 1.82) is 0 Å². The van der Waals surface area contributed by atoms with Crippen LogP contribution < -0.4 is 0 Å². The van der Waals surface area contributed by atoms with Gasteiger partial charge in [-0.3, -0.25) is 0 Å². The van der Waals surface area contributed by atoms with Crippen LogP contribution in [0.3, 0.4) is 0 Å². The van der Waals surface area contributed by atoms with Gasteiger partial charge in [-0.15, -0.1) is 0 Å². The standard InChI is InChI=1S/C7H5F6N/c8-6(9,10)4-14-2-1-5(3-14)7(11,12)13/h1-3H,4H2. The molecule has 80 valence electrons. The molecular formula is C7H5F6N. The van der Waals surface area contributed by atoms with E-state index >= 15 is 0 Å². The third-order valence-electron chi connectivity index (χ3n) is 1.44. The van der Waals surface area contributed by atoms with Gasteiger partial charge in [-0.1, -0.05) is 0 Å². The largest absolute Gasteiger partial charge is 0.417 e. The first-order valence-electron chi connectivity index (χ1n) is 3.48. The minimum Gasteiger partial charge on any atom is -0.345 e. The number of halogens is 6. The summed E-state index contributed by atoms with van der Waals surface area (Å²) in [5.74, 6) is 0. The second-order valence-corrected chi connectivity index (χ2v) is 2.69. The molecule has 14 heavy (non-hydrogen) atoms. The maximum atomic E-state index is 11.9. The smallest absolute Gasteiger partial charge is 0.345 e. The van der Waals surface area contributed by atoms with E-state index in [0.29, 0.717) is 16.8 Å². The second kappa shape index (κ2) is 3.21. The van der Waals surface area contributed by atoms with E-state index < -0.39 is 24.5 Å². The van der Waals surface area contributed by atoms with Crippen LogP contribution in [-0.2, 0) is 12.7 Å². The molecule has 1 aromatic rings. The van der Waals surface area contributed by atoms with Crippen LogP contribution in [0.2, 0.25) is 0 Å². The Kier molecular flexibility index (Phi) is 2.51. The Morgan fingerprint density at radius 1 is 1.07 bits per heavy atom. The number of aromatic nitrogens is 1. The van der Waals surface area contributed by atoms with E-state index in [1.807, 2.05) is 0 Å². The maximum Gasteiger partial charge on any atom is 0.417 e. The summed E-state index contributed by atoms with van der Waals surface area (Å²) in [5, 5.41) is 0. The van der Waals surface area contributed by atoms with Crippen LogP contribution in [0.25, 0.3) is 0 Å². The molecule has 1 rings (SSSR count). The summed E-state index contributed by atoms with van der Waals surface area (Å²) in [6.45, 7) is -1.41. The van der Waals surface area contributed by atoms with E-state index in [9.17, 15) is 26.3 Å². The van der Waals surface area contributed by atoms with Gasteiger partial charge in [0.25, 0.3) is 0 Å². The average molecular weight is 217 g/mol. The van der Waals surface area contributed by atoms with Crippen molar-refractivity contribution in [2.24, 2.45) is 0 Å². The summed E-state index contributed by atoms with van der Waals surface area (Å²) in [6, 6.07) is 0.603. The Morgan fingerprint density at radius 2 is 1.64 bits per heavy atom. The van der Waals surface area contributed by atoms with Crippen LogP contribution in [0.4, 0.5) is 26.3 Å². The van der Waals surface area contributed by atoms with E-state index in [1.54, 1.807) is 0 Å². The first-order chi connectivity index (χ1) is 6.18. The van der Waals surface area contributed by atoms with Crippen LogP contribution in [0.15, 0.2) is 18.5 Å². The van der Waals surface area contributed by atoms with Gasteiger partial charge in [0, 0.05) is 12.4 Å². The summed E-state index contributed by atoms with van der Waals surface area (Å²) >= 11 is 0. The van der Waals surface area contributed by atoms with E-state index in [0.717, 1.165) is 6.20 Å². The first kappa shape index (κ1) is 10.9. The lowest BCUT2D eigenvalue weighted by Gasteiger charge is -2.07. The summed E-state index contributed by atoms with van der Waals surface area (Å²) in [6.07, 6.45) is -7.94. The minimum absolute atomic E-state index is 0.424. The van der Waals surface area contributed by atoms with Gasteiger partial charge < -0.3 is 4.57 Å². The summed E-state index contributed by atoms with van der Waals surface area (Å²) < 4.78 is 71.5. The molecule has 0 unspecified atom stereocenters. The van der Waals surface area contributed by atoms with Gasteiger partial charge in [-0.25, -0.2) is 0 Å². The SMILES string of the molecule is FC(F)(F)Cn1ccc(C(F)(F)F)c1. The highest BCUT2D eigenvalue weighted by Gasteiger charge is 2.33. The topological polar surface area (TPSA) is 4.93 Å². The molecule has 1 aromatic heterocycles. The molecule has 0 radical (unpaired) electrons. The van der Waals surface area contributed by atoms with Crippen molar-refractivity contribution in [3.8, 4) is 0 Å². The fourth-order valence-electron chi connectivity index (χ4n) is 0.914. The van der Waals surface area contributed by atoms with Gasteiger partial charge in [-0.05, 0) is 6.07 Å². The van der Waals surface area contributed by atoms with Gasteiger partial charge in [0.2, 0.25) is 0 Å². The molecule has 0 aliphatic rings. The van der Waals surface area contributed by atoms with E-state index in [1.165, 1.54) is 0 Å². The Bertz CT molecular complexity index is 307. The molecule has 0 aromatic carbocycles. The zero-order chi connectivity index (χ0) is 11.0. The van der Waals surface area contributed by atoms with Crippen LogP contribution >= 0.6 is 0 Å². The molecule has 0 fully saturated rings. The van der Waals surface area contributed by atoms with Gasteiger partial charge in [0.05, 0.1) is 5.56 Å². The Labute approximate surface area is 74.9 Å². The molecule has 7 heteroatoms. The Morgan fingerprint density at radius 3 is 2.00 bits per heavy atom. The molecule has 1 nitrogen and oxygen atoms in total. The third kappa shape index (κ3) is 2.97. The quantitative estimate of drug-likeness (QED) is 0.637. The molecule has 0 amide bonds. The van der Waals surface area contributed by atoms with E-state index in [2.05, 4.69) is 0 Å². The van der Waals surface area contributed by atoms with Crippen LogP contribution in [0.1, 0.15) is 5.56 Å². The average Bonchev–Trinajstić information content (AvgIpc) is 2.29. The maximum absolute atomic E-state index is 11.9. The highest BCUT2D eigenvalue weighted by molar-refractivity contribution is 5.14. The van der Waals surface area contributed by atoms with Crippen molar-refractivity contribution < 1.29 is 26.3 Å². The molecule has 1 heterocycles. The first-order valence-corrected chi connectivity index (χ1v) is 3.48. The van der Waals surface area contributed by atoms with Crippen molar-refractivity contribution >= 4 is 0 Å². The number of hydrogen-bond acceptors (Lipinski definition) is 0. The fourth-order valence-corrected chi connectivity index (χ4v) is 0.914. The van der Waals surface area contributed by atoms with Crippen molar-refractivity contribution in [2.45, 2.75) is 18.9 Å². The minimum atomic E-state index is -4.60. The predicted octanol–water partition coefficient (Wildman–Crippen LogP) is 3.07. The number of hydrogen-bond donors (Lipinski definition) is 0. The van der Waals surface area contributed by atoms with Crippen molar-refractivity contribution in [3.63, 3.8) is 0 Å². The number of alkyl halides is 6. The van der Waals surface area contributed by atoms with Crippen LogP contribution in [0.5, 0.6) is 0 Å². The number of rotatable bonds is 1. The normalized spacial score (nSPS) is 13.3. The molecule has 0 aliphatic carbocycles.